The summed E-state index contributed by atoms with van der Waals surface area (Å²) in [4.78, 5) is 14.9. The van der Waals surface area contributed by atoms with Crippen molar-refractivity contribution < 1.29 is 9.53 Å². The summed E-state index contributed by atoms with van der Waals surface area (Å²) in [5.41, 5.74) is 3.50. The van der Waals surface area contributed by atoms with Crippen LogP contribution in [0.25, 0.3) is 11.4 Å². The number of aromatic nitrogens is 3. The van der Waals surface area contributed by atoms with Crippen molar-refractivity contribution in [1.29, 1.82) is 0 Å². The number of benzene rings is 2. The number of fused-ring (bicyclic) bond motifs is 1. The number of carbonyl (C=O) groups is 1. The van der Waals surface area contributed by atoms with E-state index in [2.05, 4.69) is 34.7 Å². The van der Waals surface area contributed by atoms with Crippen molar-refractivity contribution in [1.82, 2.24) is 19.7 Å². The van der Waals surface area contributed by atoms with Crippen LogP contribution in [0.5, 0.6) is 5.75 Å². The Kier molecular flexibility index (Phi) is 6.61. The zero-order valence-corrected chi connectivity index (χ0v) is 19.1. The molecule has 2 heterocycles. The fourth-order valence-electron chi connectivity index (χ4n) is 3.83. The zero-order chi connectivity index (χ0) is 21.8. The number of thioether (sulfide) groups is 1. The van der Waals surface area contributed by atoms with Gasteiger partial charge in [0.1, 0.15) is 5.75 Å². The van der Waals surface area contributed by atoms with E-state index in [0.717, 1.165) is 47.2 Å². The Morgan fingerprint density at radius 2 is 1.97 bits per heavy atom. The highest BCUT2D eigenvalue weighted by Gasteiger charge is 2.23. The Morgan fingerprint density at radius 3 is 2.71 bits per heavy atom. The van der Waals surface area contributed by atoms with Gasteiger partial charge in [0.25, 0.3) is 0 Å². The monoisotopic (exact) mass is 436 g/mol. The third-order valence-corrected chi connectivity index (χ3v) is 6.76. The lowest BCUT2D eigenvalue weighted by molar-refractivity contribution is -0.129. The highest BCUT2D eigenvalue weighted by Crippen LogP contribution is 2.30. The van der Waals surface area contributed by atoms with Gasteiger partial charge in [-0.3, -0.25) is 9.36 Å². The molecule has 0 aliphatic carbocycles. The molecule has 2 aromatic carbocycles. The number of amides is 1. The molecule has 7 heteroatoms. The van der Waals surface area contributed by atoms with E-state index in [1.807, 2.05) is 47.4 Å². The summed E-state index contributed by atoms with van der Waals surface area (Å²) >= 11 is 1.47. The maximum atomic E-state index is 13.0. The first-order chi connectivity index (χ1) is 15.1. The van der Waals surface area contributed by atoms with E-state index in [1.54, 1.807) is 7.11 Å². The van der Waals surface area contributed by atoms with Crippen LogP contribution in [-0.2, 0) is 17.8 Å². The Bertz CT molecular complexity index is 1050. The van der Waals surface area contributed by atoms with Crippen molar-refractivity contribution in [2.45, 2.75) is 44.4 Å². The first kappa shape index (κ1) is 21.4. The van der Waals surface area contributed by atoms with Gasteiger partial charge in [0.05, 0.1) is 12.9 Å². The normalized spacial score (nSPS) is 14.2. The second kappa shape index (κ2) is 9.56. The molecular formula is C24H28N4O2S. The van der Waals surface area contributed by atoms with Crippen molar-refractivity contribution in [3.63, 3.8) is 0 Å². The SMILES string of the molecule is CCC(C)n1c(SCC(=O)N2CCc3ccc(OC)cc3C2)nnc1-c1ccccc1. The largest absolute Gasteiger partial charge is 0.497 e. The van der Waals surface area contributed by atoms with Gasteiger partial charge in [0.15, 0.2) is 11.0 Å². The summed E-state index contributed by atoms with van der Waals surface area (Å²) in [6.45, 7) is 5.68. The van der Waals surface area contributed by atoms with E-state index in [4.69, 9.17) is 4.74 Å². The van der Waals surface area contributed by atoms with Crippen LogP contribution in [0.3, 0.4) is 0 Å². The van der Waals surface area contributed by atoms with Crippen LogP contribution >= 0.6 is 11.8 Å². The molecule has 0 saturated carbocycles. The number of hydrogen-bond acceptors (Lipinski definition) is 5. The quantitative estimate of drug-likeness (QED) is 0.507. The molecule has 0 fully saturated rings. The summed E-state index contributed by atoms with van der Waals surface area (Å²) in [6, 6.07) is 16.5. The standard InChI is InChI=1S/C24H28N4O2S/c1-4-17(2)28-23(19-8-6-5-7-9-19)25-26-24(28)31-16-22(29)27-13-12-18-10-11-21(30-3)14-20(18)15-27/h5-11,14,17H,4,12-13,15-16H2,1-3H3. The minimum atomic E-state index is 0.124. The van der Waals surface area contributed by atoms with Crippen molar-refractivity contribution >= 4 is 17.7 Å². The molecule has 0 saturated heterocycles. The zero-order valence-electron chi connectivity index (χ0n) is 18.2. The van der Waals surface area contributed by atoms with Gasteiger partial charge in [-0.15, -0.1) is 10.2 Å². The molecule has 1 aliphatic rings. The highest BCUT2D eigenvalue weighted by molar-refractivity contribution is 7.99. The average Bonchev–Trinajstić information content (AvgIpc) is 3.25. The van der Waals surface area contributed by atoms with E-state index in [-0.39, 0.29) is 11.9 Å². The van der Waals surface area contributed by atoms with Crippen LogP contribution in [0.4, 0.5) is 0 Å². The number of methoxy groups -OCH3 is 1. The van der Waals surface area contributed by atoms with Crippen molar-refractivity contribution in [3.05, 3.63) is 59.7 Å². The highest BCUT2D eigenvalue weighted by atomic mass is 32.2. The number of rotatable bonds is 7. The number of ether oxygens (including phenoxy) is 1. The van der Waals surface area contributed by atoms with Crippen molar-refractivity contribution in [2.24, 2.45) is 0 Å². The first-order valence-electron chi connectivity index (χ1n) is 10.7. The topological polar surface area (TPSA) is 60.2 Å². The van der Waals surface area contributed by atoms with Crippen LogP contribution in [0.2, 0.25) is 0 Å². The van der Waals surface area contributed by atoms with Crippen LogP contribution < -0.4 is 4.74 Å². The molecule has 1 aliphatic heterocycles. The summed E-state index contributed by atoms with van der Waals surface area (Å²) in [5.74, 6) is 2.16. The fourth-order valence-corrected chi connectivity index (χ4v) is 4.77. The van der Waals surface area contributed by atoms with E-state index in [9.17, 15) is 4.79 Å². The molecule has 0 bridgehead atoms. The van der Waals surface area contributed by atoms with Gasteiger partial charge < -0.3 is 9.64 Å². The van der Waals surface area contributed by atoms with Crippen LogP contribution in [-0.4, -0.2) is 45.0 Å². The van der Waals surface area contributed by atoms with Crippen molar-refractivity contribution in [2.75, 3.05) is 19.4 Å². The van der Waals surface area contributed by atoms with Gasteiger partial charge in [-0.05, 0) is 43.0 Å². The minimum Gasteiger partial charge on any atom is -0.497 e. The lowest BCUT2D eigenvalue weighted by Crippen LogP contribution is -2.37. The summed E-state index contributed by atoms with van der Waals surface area (Å²) in [7, 11) is 1.67. The van der Waals surface area contributed by atoms with Crippen molar-refractivity contribution in [3.8, 4) is 17.1 Å². The maximum absolute atomic E-state index is 13.0. The molecule has 1 amide bonds. The van der Waals surface area contributed by atoms with Crippen LogP contribution in [0.15, 0.2) is 53.7 Å². The Labute approximate surface area is 187 Å². The van der Waals surface area contributed by atoms with Gasteiger partial charge in [0.2, 0.25) is 5.91 Å². The Balaban J connectivity index is 1.48. The number of carbonyl (C=O) groups excluding carboxylic acids is 1. The lowest BCUT2D eigenvalue weighted by atomic mass is 9.99. The molecule has 0 spiro atoms. The van der Waals surface area contributed by atoms with Gasteiger partial charge >= 0.3 is 0 Å². The maximum Gasteiger partial charge on any atom is 0.233 e. The third kappa shape index (κ3) is 4.61. The van der Waals surface area contributed by atoms with Gasteiger partial charge in [-0.1, -0.05) is 55.1 Å². The smallest absolute Gasteiger partial charge is 0.233 e. The average molecular weight is 437 g/mol. The second-order valence-electron chi connectivity index (χ2n) is 7.79. The molecule has 0 radical (unpaired) electrons. The van der Waals surface area contributed by atoms with Crippen LogP contribution in [0.1, 0.15) is 37.4 Å². The predicted molar refractivity (Wildman–Crippen MR) is 123 cm³/mol. The summed E-state index contributed by atoms with van der Waals surface area (Å²) in [6.07, 6.45) is 1.83. The third-order valence-electron chi connectivity index (χ3n) is 5.83. The summed E-state index contributed by atoms with van der Waals surface area (Å²) < 4.78 is 7.50. The second-order valence-corrected chi connectivity index (χ2v) is 8.73. The number of hydrogen-bond donors (Lipinski definition) is 0. The molecular weight excluding hydrogens is 408 g/mol. The molecule has 6 nitrogen and oxygen atoms in total. The molecule has 31 heavy (non-hydrogen) atoms. The number of nitrogens with zero attached hydrogens (tertiary/aromatic N) is 4. The molecule has 162 valence electrons. The Morgan fingerprint density at radius 1 is 1.16 bits per heavy atom. The Hall–Kier alpha value is -2.80. The molecule has 3 aromatic rings. The molecule has 4 rings (SSSR count). The predicted octanol–water partition coefficient (Wildman–Crippen LogP) is 4.60. The van der Waals surface area contributed by atoms with Crippen LogP contribution in [0, 0.1) is 0 Å². The van der Waals surface area contributed by atoms with Gasteiger partial charge in [-0.2, -0.15) is 0 Å². The fraction of sp³-hybridized carbons (Fsp3) is 0.375. The minimum absolute atomic E-state index is 0.124. The van der Waals surface area contributed by atoms with E-state index >= 15 is 0 Å². The summed E-state index contributed by atoms with van der Waals surface area (Å²) in [5, 5.41) is 9.67. The van der Waals surface area contributed by atoms with E-state index in [1.165, 1.54) is 17.3 Å². The van der Waals surface area contributed by atoms with Gasteiger partial charge in [-0.25, -0.2) is 0 Å². The van der Waals surface area contributed by atoms with E-state index < -0.39 is 0 Å². The first-order valence-corrected chi connectivity index (χ1v) is 11.7. The molecule has 1 aromatic heterocycles. The molecule has 0 N–H and O–H groups in total. The molecule has 1 atom stereocenters. The van der Waals surface area contributed by atoms with Gasteiger partial charge in [0, 0.05) is 24.7 Å². The lowest BCUT2D eigenvalue weighted by Gasteiger charge is -2.29. The molecule has 1 unspecified atom stereocenters. The van der Waals surface area contributed by atoms with E-state index in [0.29, 0.717) is 12.3 Å².